The summed E-state index contributed by atoms with van der Waals surface area (Å²) in [5.74, 6) is -1.55. The van der Waals surface area contributed by atoms with Crippen molar-refractivity contribution in [2.45, 2.75) is 25.4 Å². The fraction of sp³-hybridized carbons (Fsp3) is 0.385. The van der Waals surface area contributed by atoms with Gasteiger partial charge in [-0.2, -0.15) is 0 Å². The molecule has 0 amide bonds. The second kappa shape index (κ2) is 4.99. The average Bonchev–Trinajstić information content (AvgIpc) is 2.79. The van der Waals surface area contributed by atoms with Crippen molar-refractivity contribution in [3.63, 3.8) is 0 Å². The third kappa shape index (κ3) is 2.84. The van der Waals surface area contributed by atoms with Crippen LogP contribution in [0.25, 0.3) is 0 Å². The van der Waals surface area contributed by atoms with Crippen LogP contribution in [0.15, 0.2) is 30.3 Å². The van der Waals surface area contributed by atoms with E-state index in [4.69, 9.17) is 9.84 Å². The highest BCUT2D eigenvalue weighted by Gasteiger charge is 2.32. The molecule has 1 aliphatic carbocycles. The average molecular weight is 234 g/mol. The van der Waals surface area contributed by atoms with E-state index in [0.29, 0.717) is 24.8 Å². The zero-order valence-electron chi connectivity index (χ0n) is 9.33. The lowest BCUT2D eigenvalue weighted by Crippen LogP contribution is -2.17. The highest BCUT2D eigenvalue weighted by atomic mass is 16.5. The van der Waals surface area contributed by atoms with Crippen LogP contribution in [-0.4, -0.2) is 23.1 Å². The van der Waals surface area contributed by atoms with E-state index >= 15 is 0 Å². The molecule has 1 aromatic carbocycles. The molecule has 0 saturated heterocycles. The minimum atomic E-state index is -0.803. The second-order valence-corrected chi connectivity index (χ2v) is 4.24. The van der Waals surface area contributed by atoms with Crippen LogP contribution in [-0.2, 0) is 9.53 Å². The Balaban J connectivity index is 1.91. The number of carbonyl (C=O) groups excluding carboxylic acids is 1. The molecule has 2 rings (SSSR count). The summed E-state index contributed by atoms with van der Waals surface area (Å²) < 4.78 is 5.28. The van der Waals surface area contributed by atoms with Crippen LogP contribution in [0.5, 0.6) is 0 Å². The summed E-state index contributed by atoms with van der Waals surface area (Å²) in [6.07, 6.45) is 1.38. The van der Waals surface area contributed by atoms with Gasteiger partial charge in [-0.05, 0) is 31.4 Å². The Kier molecular flexibility index (Phi) is 3.42. The van der Waals surface area contributed by atoms with Crippen molar-refractivity contribution in [1.82, 2.24) is 0 Å². The smallest absolute Gasteiger partial charge is 0.338 e. The first-order valence-corrected chi connectivity index (χ1v) is 5.65. The molecule has 4 nitrogen and oxygen atoms in total. The van der Waals surface area contributed by atoms with Crippen molar-refractivity contribution in [3.8, 4) is 0 Å². The van der Waals surface area contributed by atoms with E-state index in [-0.39, 0.29) is 18.0 Å². The van der Waals surface area contributed by atoms with Crippen molar-refractivity contribution < 1.29 is 19.4 Å². The van der Waals surface area contributed by atoms with Gasteiger partial charge in [0, 0.05) is 0 Å². The molecule has 1 saturated carbocycles. The summed E-state index contributed by atoms with van der Waals surface area (Å²) in [6, 6.07) is 8.74. The molecule has 4 heteroatoms. The number of carboxylic acids is 1. The van der Waals surface area contributed by atoms with E-state index in [1.54, 1.807) is 24.3 Å². The molecule has 17 heavy (non-hydrogen) atoms. The van der Waals surface area contributed by atoms with Crippen LogP contribution in [0.2, 0.25) is 0 Å². The topological polar surface area (TPSA) is 63.6 Å². The highest BCUT2D eigenvalue weighted by molar-refractivity contribution is 5.89. The maximum absolute atomic E-state index is 11.7. The van der Waals surface area contributed by atoms with Gasteiger partial charge in [-0.3, -0.25) is 4.79 Å². The highest BCUT2D eigenvalue weighted by Crippen LogP contribution is 2.28. The number of esters is 1. The predicted molar refractivity (Wildman–Crippen MR) is 60.6 cm³/mol. The fourth-order valence-corrected chi connectivity index (χ4v) is 2.07. The van der Waals surface area contributed by atoms with Crippen molar-refractivity contribution in [3.05, 3.63) is 35.9 Å². The van der Waals surface area contributed by atoms with E-state index in [0.717, 1.165) is 0 Å². The van der Waals surface area contributed by atoms with Crippen molar-refractivity contribution in [1.29, 1.82) is 0 Å². The van der Waals surface area contributed by atoms with Gasteiger partial charge in [-0.1, -0.05) is 18.2 Å². The van der Waals surface area contributed by atoms with E-state index in [2.05, 4.69) is 0 Å². The molecular weight excluding hydrogens is 220 g/mol. The summed E-state index contributed by atoms with van der Waals surface area (Å²) in [5, 5.41) is 8.84. The Morgan fingerprint density at radius 3 is 2.47 bits per heavy atom. The lowest BCUT2D eigenvalue weighted by molar-refractivity contribution is -0.141. The molecule has 0 aliphatic heterocycles. The number of ether oxygens (including phenoxy) is 1. The van der Waals surface area contributed by atoms with Crippen LogP contribution in [0.4, 0.5) is 0 Å². The standard InChI is InChI=1S/C13H14O4/c14-12(15)10-6-7-11(8-10)17-13(16)9-4-2-1-3-5-9/h1-5,10-11H,6-8H2,(H,14,15)/t10-,11-/m0/s1. The molecule has 0 unspecified atom stereocenters. The first-order valence-electron chi connectivity index (χ1n) is 5.65. The minimum Gasteiger partial charge on any atom is -0.481 e. The van der Waals surface area contributed by atoms with Gasteiger partial charge >= 0.3 is 11.9 Å². The number of carbonyl (C=O) groups is 2. The van der Waals surface area contributed by atoms with Gasteiger partial charge in [0.2, 0.25) is 0 Å². The maximum atomic E-state index is 11.7. The van der Waals surface area contributed by atoms with Gasteiger partial charge in [0.1, 0.15) is 6.10 Å². The first-order chi connectivity index (χ1) is 8.16. The van der Waals surface area contributed by atoms with Gasteiger partial charge in [-0.25, -0.2) is 4.79 Å². The van der Waals surface area contributed by atoms with Gasteiger partial charge < -0.3 is 9.84 Å². The van der Waals surface area contributed by atoms with Gasteiger partial charge in [0.05, 0.1) is 11.5 Å². The van der Waals surface area contributed by atoms with Crippen LogP contribution in [0.1, 0.15) is 29.6 Å². The molecular formula is C13H14O4. The zero-order valence-corrected chi connectivity index (χ0v) is 9.33. The van der Waals surface area contributed by atoms with Crippen molar-refractivity contribution >= 4 is 11.9 Å². The molecule has 90 valence electrons. The van der Waals surface area contributed by atoms with Crippen molar-refractivity contribution in [2.24, 2.45) is 5.92 Å². The van der Waals surface area contributed by atoms with E-state index in [1.807, 2.05) is 6.07 Å². The Morgan fingerprint density at radius 2 is 1.88 bits per heavy atom. The zero-order chi connectivity index (χ0) is 12.3. The number of rotatable bonds is 3. The van der Waals surface area contributed by atoms with Crippen LogP contribution in [0.3, 0.4) is 0 Å². The Labute approximate surface area is 99.2 Å². The third-order valence-electron chi connectivity index (χ3n) is 3.02. The lowest BCUT2D eigenvalue weighted by Gasteiger charge is -2.11. The summed E-state index contributed by atoms with van der Waals surface area (Å²) in [7, 11) is 0. The third-order valence-corrected chi connectivity index (χ3v) is 3.02. The molecule has 1 N–H and O–H groups in total. The van der Waals surface area contributed by atoms with Gasteiger partial charge in [0.25, 0.3) is 0 Å². The molecule has 1 aliphatic rings. The first kappa shape index (κ1) is 11.6. The predicted octanol–water partition coefficient (Wildman–Crippen LogP) is 2.10. The number of hydrogen-bond acceptors (Lipinski definition) is 3. The molecule has 0 spiro atoms. The number of benzene rings is 1. The molecule has 0 heterocycles. The second-order valence-electron chi connectivity index (χ2n) is 4.24. The maximum Gasteiger partial charge on any atom is 0.338 e. The van der Waals surface area contributed by atoms with E-state index < -0.39 is 5.97 Å². The van der Waals surface area contributed by atoms with Gasteiger partial charge in [-0.15, -0.1) is 0 Å². The quantitative estimate of drug-likeness (QED) is 0.813. The Hall–Kier alpha value is -1.84. The van der Waals surface area contributed by atoms with Gasteiger partial charge in [0.15, 0.2) is 0 Å². The van der Waals surface area contributed by atoms with Crippen LogP contribution >= 0.6 is 0 Å². The SMILES string of the molecule is O=C(O[C@H]1CC[C@H](C(=O)O)C1)c1ccccc1. The van der Waals surface area contributed by atoms with Crippen LogP contribution < -0.4 is 0 Å². The largest absolute Gasteiger partial charge is 0.481 e. The number of carboxylic acid groups (broad SMARTS) is 1. The van der Waals surface area contributed by atoms with E-state index in [1.165, 1.54) is 0 Å². The molecule has 1 fully saturated rings. The summed E-state index contributed by atoms with van der Waals surface area (Å²) in [5.41, 5.74) is 0.506. The molecule has 2 atom stereocenters. The molecule has 1 aromatic rings. The summed E-state index contributed by atoms with van der Waals surface area (Å²) in [6.45, 7) is 0. The normalized spacial score (nSPS) is 23.3. The number of aliphatic carboxylic acids is 1. The monoisotopic (exact) mass is 234 g/mol. The number of hydrogen-bond donors (Lipinski definition) is 1. The van der Waals surface area contributed by atoms with E-state index in [9.17, 15) is 9.59 Å². The molecule has 0 bridgehead atoms. The van der Waals surface area contributed by atoms with Crippen LogP contribution in [0, 0.1) is 5.92 Å². The fourth-order valence-electron chi connectivity index (χ4n) is 2.07. The Morgan fingerprint density at radius 1 is 1.18 bits per heavy atom. The minimum absolute atomic E-state index is 0.260. The van der Waals surface area contributed by atoms with Crippen molar-refractivity contribution in [2.75, 3.05) is 0 Å². The summed E-state index contributed by atoms with van der Waals surface area (Å²) >= 11 is 0. The summed E-state index contributed by atoms with van der Waals surface area (Å²) in [4.78, 5) is 22.5. The molecule has 0 aromatic heterocycles. The lowest BCUT2D eigenvalue weighted by atomic mass is 10.1. The Bertz CT molecular complexity index is 413. The molecule has 0 radical (unpaired) electrons.